The minimum Gasteiger partial charge on any atom is -0.344 e. The van der Waals surface area contributed by atoms with Crippen LogP contribution in [-0.4, -0.2) is 58.5 Å². The van der Waals surface area contributed by atoms with Gasteiger partial charge in [0.25, 0.3) is 5.91 Å². The summed E-state index contributed by atoms with van der Waals surface area (Å²) in [4.78, 5) is 29.6. The standard InChI is InChI=1S/C17H19N7O2S/c1-24-10-12(7-15(24)25)19-8-13(21-18)16(26)20-9-14-22-23-17(27-14)11-5-3-2-4-6-11/h2-6,8,12H,7,9-10,18H2,1H3,(H,20,26)/b19-8?,21-13+. The lowest BCUT2D eigenvalue weighted by Gasteiger charge is -2.06. The number of aliphatic imine (C=N–C) groups is 1. The minimum atomic E-state index is -0.463. The van der Waals surface area contributed by atoms with Crippen LogP contribution in [0.25, 0.3) is 10.6 Å². The van der Waals surface area contributed by atoms with Crippen LogP contribution in [0.4, 0.5) is 0 Å². The van der Waals surface area contributed by atoms with Crippen LogP contribution in [0.5, 0.6) is 0 Å². The van der Waals surface area contributed by atoms with Crippen LogP contribution < -0.4 is 11.2 Å². The van der Waals surface area contributed by atoms with Crippen molar-refractivity contribution in [2.75, 3.05) is 13.6 Å². The number of amides is 2. The average Bonchev–Trinajstić information content (AvgIpc) is 3.28. The Bertz CT molecular complexity index is 878. The van der Waals surface area contributed by atoms with Gasteiger partial charge in [-0.1, -0.05) is 41.7 Å². The zero-order chi connectivity index (χ0) is 19.2. The molecule has 1 fully saturated rings. The van der Waals surface area contributed by atoms with Crippen molar-refractivity contribution in [2.45, 2.75) is 19.0 Å². The van der Waals surface area contributed by atoms with Crippen LogP contribution in [0.15, 0.2) is 40.4 Å². The molecule has 0 aliphatic carbocycles. The number of nitrogens with two attached hydrogens (primary N) is 1. The molecule has 3 N–H and O–H groups in total. The molecule has 9 nitrogen and oxygen atoms in total. The maximum absolute atomic E-state index is 12.2. The molecule has 1 atom stereocenters. The number of hydrogen-bond acceptors (Lipinski definition) is 8. The molecule has 1 unspecified atom stereocenters. The van der Waals surface area contributed by atoms with Gasteiger partial charge >= 0.3 is 0 Å². The molecule has 10 heteroatoms. The Labute approximate surface area is 160 Å². The lowest BCUT2D eigenvalue weighted by atomic mass is 10.2. The Morgan fingerprint density at radius 1 is 1.41 bits per heavy atom. The number of likely N-dealkylation sites (tertiary alicyclic amines) is 1. The summed E-state index contributed by atoms with van der Waals surface area (Å²) in [5.41, 5.74) is 0.963. The van der Waals surface area contributed by atoms with Gasteiger partial charge < -0.3 is 16.1 Å². The molecule has 27 heavy (non-hydrogen) atoms. The lowest BCUT2D eigenvalue weighted by Crippen LogP contribution is -2.32. The number of hydrazone groups is 1. The van der Waals surface area contributed by atoms with E-state index in [1.165, 1.54) is 17.6 Å². The minimum absolute atomic E-state index is 0.00944. The number of benzene rings is 1. The number of carbonyl (C=O) groups excluding carboxylic acids is 2. The fourth-order valence-electron chi connectivity index (χ4n) is 2.54. The molecule has 2 aromatic rings. The third kappa shape index (κ3) is 4.73. The van der Waals surface area contributed by atoms with E-state index in [0.717, 1.165) is 10.6 Å². The summed E-state index contributed by atoms with van der Waals surface area (Å²) in [7, 11) is 1.72. The van der Waals surface area contributed by atoms with Crippen molar-refractivity contribution < 1.29 is 9.59 Å². The van der Waals surface area contributed by atoms with Crippen LogP contribution >= 0.6 is 11.3 Å². The summed E-state index contributed by atoms with van der Waals surface area (Å²) in [5, 5.41) is 15.8. The fraction of sp³-hybridized carbons (Fsp3) is 0.294. The van der Waals surface area contributed by atoms with Crippen molar-refractivity contribution in [3.8, 4) is 10.6 Å². The van der Waals surface area contributed by atoms with Gasteiger partial charge in [0.15, 0.2) is 5.71 Å². The first-order chi connectivity index (χ1) is 13.1. The Morgan fingerprint density at radius 3 is 2.85 bits per heavy atom. The van der Waals surface area contributed by atoms with Crippen molar-refractivity contribution >= 4 is 35.1 Å². The maximum atomic E-state index is 12.2. The Morgan fingerprint density at radius 2 is 2.19 bits per heavy atom. The van der Waals surface area contributed by atoms with E-state index in [-0.39, 0.29) is 24.2 Å². The number of nitrogens with zero attached hydrogens (tertiary/aromatic N) is 5. The Kier molecular flexibility index (Phi) is 5.87. The molecule has 2 heterocycles. The molecule has 1 aliphatic heterocycles. The molecule has 140 valence electrons. The second kappa shape index (κ2) is 8.49. The molecule has 1 aromatic carbocycles. The highest BCUT2D eigenvalue weighted by molar-refractivity contribution is 7.14. The molecule has 1 aromatic heterocycles. The summed E-state index contributed by atoms with van der Waals surface area (Å²) in [6.07, 6.45) is 1.63. The first-order valence-electron chi connectivity index (χ1n) is 8.28. The highest BCUT2D eigenvalue weighted by Crippen LogP contribution is 2.22. The number of nitrogens with one attached hydrogen (secondary N) is 1. The third-order valence-corrected chi connectivity index (χ3v) is 4.96. The van der Waals surface area contributed by atoms with Gasteiger partial charge in [-0.05, 0) is 0 Å². The molecule has 1 saturated heterocycles. The van der Waals surface area contributed by atoms with Gasteiger partial charge in [-0.3, -0.25) is 14.6 Å². The van der Waals surface area contributed by atoms with E-state index >= 15 is 0 Å². The van der Waals surface area contributed by atoms with Crippen molar-refractivity contribution in [1.82, 2.24) is 20.4 Å². The summed E-state index contributed by atoms with van der Waals surface area (Å²) < 4.78 is 0. The zero-order valence-corrected chi connectivity index (χ0v) is 15.5. The van der Waals surface area contributed by atoms with Crippen LogP contribution in [0.3, 0.4) is 0 Å². The van der Waals surface area contributed by atoms with Gasteiger partial charge in [0, 0.05) is 19.2 Å². The largest absolute Gasteiger partial charge is 0.344 e. The SMILES string of the molecule is CN1CC(N=C/C(=N\N)C(=O)NCc2nnc(-c3ccccc3)s2)CC1=O. The predicted octanol–water partition coefficient (Wildman–Crippen LogP) is 0.438. The van der Waals surface area contributed by atoms with E-state index in [1.807, 2.05) is 30.3 Å². The van der Waals surface area contributed by atoms with Gasteiger partial charge in [0.1, 0.15) is 10.0 Å². The first-order valence-corrected chi connectivity index (χ1v) is 9.09. The van der Waals surface area contributed by atoms with Gasteiger partial charge in [0.2, 0.25) is 5.91 Å². The van der Waals surface area contributed by atoms with E-state index < -0.39 is 5.91 Å². The van der Waals surface area contributed by atoms with Gasteiger partial charge in [0.05, 0.1) is 25.2 Å². The molecular weight excluding hydrogens is 366 g/mol. The average molecular weight is 385 g/mol. The summed E-state index contributed by atoms with van der Waals surface area (Å²) in [6.45, 7) is 0.725. The van der Waals surface area contributed by atoms with E-state index in [4.69, 9.17) is 5.84 Å². The number of likely N-dealkylation sites (N-methyl/N-ethyl adjacent to an activating group) is 1. The third-order valence-electron chi connectivity index (χ3n) is 3.99. The van der Waals surface area contributed by atoms with Gasteiger partial charge in [-0.15, -0.1) is 10.2 Å². The smallest absolute Gasteiger partial charge is 0.273 e. The van der Waals surface area contributed by atoms with Gasteiger partial charge in [-0.2, -0.15) is 5.10 Å². The van der Waals surface area contributed by atoms with E-state index in [9.17, 15) is 9.59 Å². The lowest BCUT2D eigenvalue weighted by molar-refractivity contribution is -0.126. The Balaban J connectivity index is 1.55. The molecular formula is C17H19N7O2S. The van der Waals surface area contributed by atoms with Crippen LogP contribution in [0.1, 0.15) is 11.4 Å². The monoisotopic (exact) mass is 385 g/mol. The van der Waals surface area contributed by atoms with Crippen LogP contribution in [0.2, 0.25) is 0 Å². The van der Waals surface area contributed by atoms with Crippen molar-refractivity contribution in [1.29, 1.82) is 0 Å². The normalized spacial score (nSPS) is 17.7. The van der Waals surface area contributed by atoms with E-state index in [1.54, 1.807) is 11.9 Å². The molecule has 2 amide bonds. The van der Waals surface area contributed by atoms with Crippen molar-refractivity contribution in [2.24, 2.45) is 15.9 Å². The summed E-state index contributed by atoms with van der Waals surface area (Å²) in [6, 6.07) is 9.49. The quantitative estimate of drug-likeness (QED) is 0.424. The van der Waals surface area contributed by atoms with Crippen LogP contribution in [-0.2, 0) is 16.1 Å². The fourth-order valence-corrected chi connectivity index (χ4v) is 3.32. The Hall–Kier alpha value is -3.14. The molecule has 0 radical (unpaired) electrons. The molecule has 3 rings (SSSR count). The van der Waals surface area contributed by atoms with E-state index in [2.05, 4.69) is 25.6 Å². The molecule has 1 aliphatic rings. The second-order valence-electron chi connectivity index (χ2n) is 5.97. The summed E-state index contributed by atoms with van der Waals surface area (Å²) in [5.74, 6) is 4.86. The highest BCUT2D eigenvalue weighted by Gasteiger charge is 2.26. The maximum Gasteiger partial charge on any atom is 0.273 e. The predicted molar refractivity (Wildman–Crippen MR) is 103 cm³/mol. The second-order valence-corrected chi connectivity index (χ2v) is 7.04. The molecule has 0 spiro atoms. The number of aromatic nitrogens is 2. The number of hydrogen-bond donors (Lipinski definition) is 2. The zero-order valence-electron chi connectivity index (χ0n) is 14.7. The number of rotatable bonds is 6. The number of carbonyl (C=O) groups is 2. The summed E-state index contributed by atoms with van der Waals surface area (Å²) >= 11 is 1.40. The van der Waals surface area contributed by atoms with Gasteiger partial charge in [-0.25, -0.2) is 0 Å². The first kappa shape index (κ1) is 18.6. The highest BCUT2D eigenvalue weighted by atomic mass is 32.1. The van der Waals surface area contributed by atoms with Crippen molar-refractivity contribution in [3.63, 3.8) is 0 Å². The van der Waals surface area contributed by atoms with E-state index in [0.29, 0.717) is 18.0 Å². The molecule has 0 bridgehead atoms. The van der Waals surface area contributed by atoms with Crippen molar-refractivity contribution in [3.05, 3.63) is 35.3 Å². The van der Waals surface area contributed by atoms with Crippen LogP contribution in [0, 0.1) is 0 Å². The topological polar surface area (TPSA) is 126 Å². The molecule has 0 saturated carbocycles.